The van der Waals surface area contributed by atoms with Crippen molar-refractivity contribution in [2.75, 3.05) is 0 Å². The molecule has 1 heterocycles. The van der Waals surface area contributed by atoms with E-state index in [9.17, 15) is 9.90 Å². The molecule has 2 N–H and O–H groups in total. The predicted octanol–water partition coefficient (Wildman–Crippen LogP) is 4.38. The number of carbonyl (C=O) groups is 1. The molecule has 4 fully saturated rings. The molecular formula is C24H37BClNO4. The van der Waals surface area contributed by atoms with Crippen LogP contribution in [0.1, 0.15) is 59.4 Å². The third-order valence-electron chi connectivity index (χ3n) is 8.02. The summed E-state index contributed by atoms with van der Waals surface area (Å²) in [5, 5.41) is 13.3. The molecule has 1 saturated heterocycles. The second kappa shape index (κ2) is 9.05. The average Bonchev–Trinajstić information content (AvgIpc) is 3.04. The molecule has 5 rings (SSSR count). The lowest BCUT2D eigenvalue weighted by molar-refractivity contribution is -0.199. The Morgan fingerprint density at radius 2 is 1.90 bits per heavy atom. The second-order valence-corrected chi connectivity index (χ2v) is 10.8. The molecule has 0 radical (unpaired) electrons. The van der Waals surface area contributed by atoms with Crippen molar-refractivity contribution in [1.29, 1.82) is 0 Å². The van der Waals surface area contributed by atoms with Crippen molar-refractivity contribution in [2.24, 2.45) is 23.2 Å². The van der Waals surface area contributed by atoms with Gasteiger partial charge in [-0.25, -0.2) is 0 Å². The standard InChI is InChI=1S/C24H36BNO4.ClH/c1-15(2)11-21(26-18(22(27)28)12-16-9-7-6-8-10-16)25-29-20-14-17-13-19(23(17,3)4)24(20,5)30-25;/h6-10,15,17-21,26H,11-14H2,1-5H3,(H,27,28);1H/t17-,18-,19-,20-,21+,24-;/m0./s1. The van der Waals surface area contributed by atoms with Crippen LogP contribution in [0.2, 0.25) is 0 Å². The molecule has 3 aliphatic carbocycles. The molecular weight excluding hydrogens is 413 g/mol. The monoisotopic (exact) mass is 449 g/mol. The maximum absolute atomic E-state index is 12.1. The fourth-order valence-electron chi connectivity index (χ4n) is 6.16. The summed E-state index contributed by atoms with van der Waals surface area (Å²) in [4.78, 5) is 12.1. The number of benzene rings is 1. The van der Waals surface area contributed by atoms with Crippen LogP contribution in [-0.4, -0.2) is 41.9 Å². The van der Waals surface area contributed by atoms with Gasteiger partial charge < -0.3 is 19.7 Å². The second-order valence-electron chi connectivity index (χ2n) is 10.8. The number of nitrogens with one attached hydrogen (secondary N) is 1. The summed E-state index contributed by atoms with van der Waals surface area (Å²) in [6.45, 7) is 11.2. The van der Waals surface area contributed by atoms with Crippen LogP contribution in [0, 0.1) is 23.2 Å². The lowest BCUT2D eigenvalue weighted by atomic mass is 9.43. The van der Waals surface area contributed by atoms with Crippen molar-refractivity contribution in [3.05, 3.63) is 35.9 Å². The highest BCUT2D eigenvalue weighted by Crippen LogP contribution is 2.65. The van der Waals surface area contributed by atoms with E-state index in [0.29, 0.717) is 29.6 Å². The van der Waals surface area contributed by atoms with Crippen LogP contribution in [-0.2, 0) is 20.5 Å². The summed E-state index contributed by atoms with van der Waals surface area (Å²) in [6, 6.07) is 9.11. The van der Waals surface area contributed by atoms with Gasteiger partial charge in [0.2, 0.25) is 0 Å². The van der Waals surface area contributed by atoms with Crippen LogP contribution in [0.15, 0.2) is 30.3 Å². The van der Waals surface area contributed by atoms with Gasteiger partial charge in [0.15, 0.2) is 0 Å². The minimum Gasteiger partial charge on any atom is -0.480 e. The van der Waals surface area contributed by atoms with E-state index in [-0.39, 0.29) is 30.1 Å². The van der Waals surface area contributed by atoms with E-state index in [4.69, 9.17) is 9.31 Å². The fourth-order valence-corrected chi connectivity index (χ4v) is 6.16. The van der Waals surface area contributed by atoms with Gasteiger partial charge in [-0.3, -0.25) is 4.79 Å². The first-order chi connectivity index (χ1) is 14.1. The summed E-state index contributed by atoms with van der Waals surface area (Å²) in [7, 11) is -0.407. The van der Waals surface area contributed by atoms with Crippen LogP contribution in [0.4, 0.5) is 0 Å². The van der Waals surface area contributed by atoms with Crippen molar-refractivity contribution in [2.45, 2.75) is 84.0 Å². The maximum atomic E-state index is 12.1. The number of aliphatic carboxylic acids is 1. The summed E-state index contributed by atoms with van der Waals surface area (Å²) < 4.78 is 13.1. The van der Waals surface area contributed by atoms with Gasteiger partial charge in [0.05, 0.1) is 11.7 Å². The molecule has 1 aromatic rings. The number of hydrogen-bond donors (Lipinski definition) is 2. The van der Waals surface area contributed by atoms with Gasteiger partial charge in [0, 0.05) is 5.94 Å². The van der Waals surface area contributed by atoms with Crippen LogP contribution in [0.5, 0.6) is 0 Å². The zero-order chi connectivity index (χ0) is 21.7. The molecule has 5 nitrogen and oxygen atoms in total. The largest absolute Gasteiger partial charge is 0.480 e. The fraction of sp³-hybridized carbons (Fsp3) is 0.708. The molecule has 1 aliphatic heterocycles. The van der Waals surface area contributed by atoms with E-state index < -0.39 is 19.1 Å². The molecule has 0 aromatic heterocycles. The molecule has 1 aromatic carbocycles. The van der Waals surface area contributed by atoms with Gasteiger partial charge >= 0.3 is 13.1 Å². The smallest absolute Gasteiger partial charge is 0.475 e. The van der Waals surface area contributed by atoms with E-state index >= 15 is 0 Å². The molecule has 6 atom stereocenters. The highest BCUT2D eigenvalue weighted by atomic mass is 35.5. The molecule has 3 saturated carbocycles. The van der Waals surface area contributed by atoms with Crippen LogP contribution in [0.25, 0.3) is 0 Å². The molecule has 2 bridgehead atoms. The number of carboxylic acid groups (broad SMARTS) is 1. The highest BCUT2D eigenvalue weighted by molar-refractivity contribution is 6.47. The lowest BCUT2D eigenvalue weighted by Gasteiger charge is -2.64. The summed E-state index contributed by atoms with van der Waals surface area (Å²) in [6.07, 6.45) is 3.61. The molecule has 0 amide bonds. The van der Waals surface area contributed by atoms with Crippen molar-refractivity contribution in [1.82, 2.24) is 5.32 Å². The summed E-state index contributed by atoms with van der Waals surface area (Å²) >= 11 is 0. The van der Waals surface area contributed by atoms with Gasteiger partial charge in [-0.05, 0) is 61.3 Å². The Hall–Kier alpha value is -1.08. The molecule has 7 heteroatoms. The number of halogens is 1. The quantitative estimate of drug-likeness (QED) is 0.577. The van der Waals surface area contributed by atoms with E-state index in [2.05, 4.69) is 39.9 Å². The number of carboxylic acids is 1. The van der Waals surface area contributed by atoms with Crippen LogP contribution < -0.4 is 5.32 Å². The zero-order valence-corrected chi connectivity index (χ0v) is 20.2. The molecule has 172 valence electrons. The summed E-state index contributed by atoms with van der Waals surface area (Å²) in [5.41, 5.74) is 1.02. The normalized spacial score (nSPS) is 32.6. The minimum atomic E-state index is -0.836. The summed E-state index contributed by atoms with van der Waals surface area (Å²) in [5.74, 6) is 0.610. The Morgan fingerprint density at radius 3 is 2.48 bits per heavy atom. The van der Waals surface area contributed by atoms with Gasteiger partial charge in [0.25, 0.3) is 0 Å². The van der Waals surface area contributed by atoms with E-state index in [1.54, 1.807) is 0 Å². The Kier molecular flexibility index (Phi) is 7.17. The zero-order valence-electron chi connectivity index (χ0n) is 19.3. The molecule has 0 unspecified atom stereocenters. The van der Waals surface area contributed by atoms with Crippen molar-refractivity contribution < 1.29 is 19.2 Å². The van der Waals surface area contributed by atoms with Crippen LogP contribution in [0.3, 0.4) is 0 Å². The predicted molar refractivity (Wildman–Crippen MR) is 125 cm³/mol. The van der Waals surface area contributed by atoms with Crippen molar-refractivity contribution in [3.8, 4) is 0 Å². The first-order valence-electron chi connectivity index (χ1n) is 11.5. The Labute approximate surface area is 193 Å². The van der Waals surface area contributed by atoms with Crippen LogP contribution >= 0.6 is 12.4 Å². The SMILES string of the molecule is CC(C)C[C@@H](N[C@@H](Cc1ccccc1)C(=O)O)B1O[C@H]2C[C@@H]3C[C@@H](C3(C)C)[C@]2(C)O1.Cl. The Bertz CT molecular complexity index is 776. The highest BCUT2D eigenvalue weighted by Gasteiger charge is 2.68. The Balaban J connectivity index is 0.00000272. The van der Waals surface area contributed by atoms with Gasteiger partial charge in [-0.2, -0.15) is 0 Å². The minimum absolute atomic E-state index is 0. The number of hydrogen-bond acceptors (Lipinski definition) is 4. The van der Waals surface area contributed by atoms with Gasteiger partial charge in [0.1, 0.15) is 6.04 Å². The third kappa shape index (κ3) is 4.54. The molecule has 0 spiro atoms. The average molecular weight is 450 g/mol. The van der Waals surface area contributed by atoms with Gasteiger partial charge in [-0.1, -0.05) is 58.0 Å². The first kappa shape index (κ1) is 24.6. The van der Waals surface area contributed by atoms with Crippen molar-refractivity contribution in [3.63, 3.8) is 0 Å². The molecule has 4 aliphatic rings. The topological polar surface area (TPSA) is 67.8 Å². The Morgan fingerprint density at radius 1 is 1.23 bits per heavy atom. The van der Waals surface area contributed by atoms with Crippen molar-refractivity contribution >= 4 is 25.5 Å². The van der Waals surface area contributed by atoms with E-state index in [0.717, 1.165) is 18.4 Å². The van der Waals surface area contributed by atoms with E-state index in [1.807, 2.05) is 30.3 Å². The number of rotatable bonds is 8. The molecule has 31 heavy (non-hydrogen) atoms. The van der Waals surface area contributed by atoms with Gasteiger partial charge in [-0.15, -0.1) is 12.4 Å². The first-order valence-corrected chi connectivity index (χ1v) is 11.5. The lowest BCUT2D eigenvalue weighted by Crippen LogP contribution is -2.65. The third-order valence-corrected chi connectivity index (χ3v) is 8.02. The maximum Gasteiger partial charge on any atom is 0.475 e. The van der Waals surface area contributed by atoms with E-state index in [1.165, 1.54) is 6.42 Å².